The molecule has 0 atom stereocenters. The molecule has 4 aromatic rings. The summed E-state index contributed by atoms with van der Waals surface area (Å²) in [7, 11) is 0. The van der Waals surface area contributed by atoms with Crippen molar-refractivity contribution in [1.29, 1.82) is 0 Å². The first kappa shape index (κ1) is 19.7. The standard InChI is InChI=1S/C25H26N4O/c1-17-8-11-20(12-9-17)24-27-22-6-4-5-7-23(22)29(24)15-14-26-25(30)28-21-13-10-18(2)16-19(21)3/h4-13,16H,14-15H2,1-3H3,(H2,26,28,30). The Labute approximate surface area is 176 Å². The highest BCUT2D eigenvalue weighted by Crippen LogP contribution is 2.25. The summed E-state index contributed by atoms with van der Waals surface area (Å²) in [6, 6.07) is 22.2. The van der Waals surface area contributed by atoms with E-state index >= 15 is 0 Å². The van der Waals surface area contributed by atoms with Crippen LogP contribution in [-0.2, 0) is 6.54 Å². The Balaban J connectivity index is 1.50. The number of imidazole rings is 1. The quantitative estimate of drug-likeness (QED) is 0.470. The van der Waals surface area contributed by atoms with E-state index in [1.165, 1.54) is 11.1 Å². The van der Waals surface area contributed by atoms with E-state index in [1.54, 1.807) is 0 Å². The molecule has 0 spiro atoms. The lowest BCUT2D eigenvalue weighted by Crippen LogP contribution is -2.31. The number of aromatic nitrogens is 2. The Morgan fingerprint density at radius 3 is 2.43 bits per heavy atom. The van der Waals surface area contributed by atoms with Gasteiger partial charge in [0.2, 0.25) is 0 Å². The van der Waals surface area contributed by atoms with Gasteiger partial charge >= 0.3 is 6.03 Å². The molecule has 30 heavy (non-hydrogen) atoms. The summed E-state index contributed by atoms with van der Waals surface area (Å²) in [5.74, 6) is 0.910. The van der Waals surface area contributed by atoms with Gasteiger partial charge in [0.1, 0.15) is 5.82 Å². The summed E-state index contributed by atoms with van der Waals surface area (Å²) in [6.07, 6.45) is 0. The number of nitrogens with one attached hydrogen (secondary N) is 2. The average molecular weight is 399 g/mol. The highest BCUT2D eigenvalue weighted by molar-refractivity contribution is 5.90. The van der Waals surface area contributed by atoms with Gasteiger partial charge in [-0.25, -0.2) is 9.78 Å². The van der Waals surface area contributed by atoms with Crippen molar-refractivity contribution in [3.63, 3.8) is 0 Å². The van der Waals surface area contributed by atoms with E-state index in [-0.39, 0.29) is 6.03 Å². The van der Waals surface area contributed by atoms with Gasteiger partial charge in [0.05, 0.1) is 11.0 Å². The summed E-state index contributed by atoms with van der Waals surface area (Å²) in [6.45, 7) is 7.23. The zero-order chi connectivity index (χ0) is 21.1. The fourth-order valence-corrected chi connectivity index (χ4v) is 3.63. The van der Waals surface area contributed by atoms with Crippen molar-refractivity contribution in [1.82, 2.24) is 14.9 Å². The number of para-hydroxylation sites is 2. The number of hydrogen-bond acceptors (Lipinski definition) is 2. The topological polar surface area (TPSA) is 59.0 Å². The minimum Gasteiger partial charge on any atom is -0.336 e. The molecule has 1 aromatic heterocycles. The van der Waals surface area contributed by atoms with Crippen LogP contribution < -0.4 is 10.6 Å². The number of hydrogen-bond donors (Lipinski definition) is 2. The number of rotatable bonds is 5. The Kier molecular flexibility index (Phi) is 5.53. The van der Waals surface area contributed by atoms with Gasteiger partial charge in [-0.1, -0.05) is 59.7 Å². The van der Waals surface area contributed by atoms with E-state index < -0.39 is 0 Å². The fourth-order valence-electron chi connectivity index (χ4n) is 3.63. The van der Waals surface area contributed by atoms with Crippen molar-refractivity contribution in [2.75, 3.05) is 11.9 Å². The van der Waals surface area contributed by atoms with Gasteiger partial charge in [-0.15, -0.1) is 0 Å². The molecular formula is C25H26N4O. The zero-order valence-electron chi connectivity index (χ0n) is 17.6. The number of aryl methyl sites for hydroxylation is 3. The highest BCUT2D eigenvalue weighted by Gasteiger charge is 2.12. The normalized spacial score (nSPS) is 10.9. The maximum absolute atomic E-state index is 12.4. The molecule has 5 heteroatoms. The van der Waals surface area contributed by atoms with Crippen molar-refractivity contribution in [2.24, 2.45) is 0 Å². The van der Waals surface area contributed by atoms with Gasteiger partial charge in [-0.05, 0) is 44.5 Å². The van der Waals surface area contributed by atoms with Crippen LogP contribution in [0.3, 0.4) is 0 Å². The van der Waals surface area contributed by atoms with E-state index in [0.717, 1.165) is 33.7 Å². The molecule has 3 aromatic carbocycles. The minimum absolute atomic E-state index is 0.205. The molecule has 0 aliphatic rings. The van der Waals surface area contributed by atoms with E-state index in [0.29, 0.717) is 13.1 Å². The molecule has 0 radical (unpaired) electrons. The monoisotopic (exact) mass is 398 g/mol. The smallest absolute Gasteiger partial charge is 0.319 e. The second kappa shape index (κ2) is 8.41. The van der Waals surface area contributed by atoms with E-state index in [4.69, 9.17) is 4.98 Å². The molecule has 0 unspecified atom stereocenters. The fraction of sp³-hybridized carbons (Fsp3) is 0.200. The predicted octanol–water partition coefficient (Wildman–Crippen LogP) is 5.45. The molecule has 5 nitrogen and oxygen atoms in total. The third-order valence-electron chi connectivity index (χ3n) is 5.22. The van der Waals surface area contributed by atoms with Gasteiger partial charge in [-0.3, -0.25) is 0 Å². The summed E-state index contributed by atoms with van der Waals surface area (Å²) >= 11 is 0. The lowest BCUT2D eigenvalue weighted by atomic mass is 10.1. The van der Waals surface area contributed by atoms with E-state index in [1.807, 2.05) is 44.2 Å². The molecule has 4 rings (SSSR count). The van der Waals surface area contributed by atoms with Crippen LogP contribution in [0.1, 0.15) is 16.7 Å². The second-order valence-corrected chi connectivity index (χ2v) is 7.64. The minimum atomic E-state index is -0.205. The maximum Gasteiger partial charge on any atom is 0.319 e. The van der Waals surface area contributed by atoms with Crippen LogP contribution in [-0.4, -0.2) is 22.1 Å². The van der Waals surface area contributed by atoms with Crippen molar-refractivity contribution in [2.45, 2.75) is 27.3 Å². The average Bonchev–Trinajstić information content (AvgIpc) is 3.09. The molecule has 0 bridgehead atoms. The lowest BCUT2D eigenvalue weighted by molar-refractivity contribution is 0.251. The van der Waals surface area contributed by atoms with Crippen LogP contribution in [0.5, 0.6) is 0 Å². The third-order valence-corrected chi connectivity index (χ3v) is 5.22. The molecule has 2 amide bonds. The van der Waals surface area contributed by atoms with Gasteiger partial charge in [0.25, 0.3) is 0 Å². The molecular weight excluding hydrogens is 372 g/mol. The number of carbonyl (C=O) groups is 1. The molecule has 152 valence electrons. The first-order chi connectivity index (χ1) is 14.5. The van der Waals surface area contributed by atoms with E-state index in [9.17, 15) is 4.79 Å². The Bertz CT molecular complexity index is 1190. The van der Waals surface area contributed by atoms with E-state index in [2.05, 4.69) is 58.5 Å². The summed E-state index contributed by atoms with van der Waals surface area (Å²) in [5, 5.41) is 5.90. The Morgan fingerprint density at radius 2 is 1.67 bits per heavy atom. The van der Waals surface area contributed by atoms with Crippen molar-refractivity contribution in [3.05, 3.63) is 83.4 Å². The zero-order valence-corrected chi connectivity index (χ0v) is 17.6. The maximum atomic E-state index is 12.4. The molecule has 0 fully saturated rings. The number of benzene rings is 3. The number of amides is 2. The summed E-state index contributed by atoms with van der Waals surface area (Å²) in [4.78, 5) is 17.2. The number of anilines is 1. The van der Waals surface area contributed by atoms with Crippen molar-refractivity contribution >= 4 is 22.8 Å². The number of urea groups is 1. The summed E-state index contributed by atoms with van der Waals surface area (Å²) < 4.78 is 2.16. The van der Waals surface area contributed by atoms with Gasteiger partial charge in [0.15, 0.2) is 0 Å². The number of fused-ring (bicyclic) bond motifs is 1. The second-order valence-electron chi connectivity index (χ2n) is 7.64. The third kappa shape index (κ3) is 4.20. The van der Waals surface area contributed by atoms with Crippen LogP contribution in [0.15, 0.2) is 66.7 Å². The Morgan fingerprint density at radius 1 is 0.933 bits per heavy atom. The van der Waals surface area contributed by atoms with Crippen LogP contribution in [0, 0.1) is 20.8 Å². The molecule has 0 aliphatic heterocycles. The highest BCUT2D eigenvalue weighted by atomic mass is 16.2. The largest absolute Gasteiger partial charge is 0.336 e. The van der Waals surface area contributed by atoms with Gasteiger partial charge in [0, 0.05) is 24.3 Å². The predicted molar refractivity (Wildman–Crippen MR) is 123 cm³/mol. The van der Waals surface area contributed by atoms with Crippen LogP contribution >= 0.6 is 0 Å². The van der Waals surface area contributed by atoms with Crippen LogP contribution in [0.2, 0.25) is 0 Å². The first-order valence-corrected chi connectivity index (χ1v) is 10.2. The number of nitrogens with zero attached hydrogens (tertiary/aromatic N) is 2. The molecule has 0 saturated heterocycles. The summed E-state index contributed by atoms with van der Waals surface area (Å²) in [5.41, 5.74) is 7.34. The lowest BCUT2D eigenvalue weighted by Gasteiger charge is -2.13. The number of carbonyl (C=O) groups excluding carboxylic acids is 1. The van der Waals surface area contributed by atoms with Crippen molar-refractivity contribution in [3.8, 4) is 11.4 Å². The van der Waals surface area contributed by atoms with Crippen molar-refractivity contribution < 1.29 is 4.79 Å². The van der Waals surface area contributed by atoms with Crippen LogP contribution in [0.25, 0.3) is 22.4 Å². The molecule has 0 aliphatic carbocycles. The molecule has 2 N–H and O–H groups in total. The molecule has 0 saturated carbocycles. The molecule has 1 heterocycles. The van der Waals surface area contributed by atoms with Gasteiger partial charge < -0.3 is 15.2 Å². The first-order valence-electron chi connectivity index (χ1n) is 10.2. The van der Waals surface area contributed by atoms with Gasteiger partial charge in [-0.2, -0.15) is 0 Å². The SMILES string of the molecule is Cc1ccc(-c2nc3ccccc3n2CCNC(=O)Nc2ccc(C)cc2C)cc1. The van der Waals surface area contributed by atoms with Crippen LogP contribution in [0.4, 0.5) is 10.5 Å². The Hall–Kier alpha value is -3.60.